The third-order valence-corrected chi connectivity index (χ3v) is 4.93. The Morgan fingerprint density at radius 1 is 1.11 bits per heavy atom. The fraction of sp³-hybridized carbons (Fsp3) is 0.0952. The van der Waals surface area contributed by atoms with Gasteiger partial charge in [0.25, 0.3) is 0 Å². The van der Waals surface area contributed by atoms with E-state index in [1.807, 2.05) is 31.2 Å². The Labute approximate surface area is 158 Å². The summed E-state index contributed by atoms with van der Waals surface area (Å²) < 4.78 is 11.1. The van der Waals surface area contributed by atoms with Crippen molar-refractivity contribution in [1.29, 1.82) is 0 Å². The molecule has 0 spiro atoms. The zero-order valence-corrected chi connectivity index (χ0v) is 15.5. The highest BCUT2D eigenvalue weighted by molar-refractivity contribution is 7.13. The van der Waals surface area contributed by atoms with Crippen LogP contribution in [0.1, 0.15) is 12.5 Å². The molecule has 0 aliphatic carbocycles. The Bertz CT molecular complexity index is 1210. The van der Waals surface area contributed by atoms with Crippen molar-refractivity contribution in [3.05, 3.63) is 69.7 Å². The number of ether oxygens (including phenoxy) is 1. The summed E-state index contributed by atoms with van der Waals surface area (Å²) in [6.45, 7) is 3.27. The monoisotopic (exact) mass is 377 g/mol. The molecule has 4 rings (SSSR count). The lowest BCUT2D eigenvalue weighted by atomic mass is 10.1. The van der Waals surface area contributed by atoms with Crippen LogP contribution in [0.25, 0.3) is 33.0 Å². The molecular weight excluding hydrogens is 362 g/mol. The van der Waals surface area contributed by atoms with Crippen LogP contribution in [0.3, 0.4) is 0 Å². The number of carbonyl (C=O) groups is 1. The first-order chi connectivity index (χ1) is 13.0. The molecule has 0 bridgehead atoms. The Morgan fingerprint density at radius 3 is 2.59 bits per heavy atom. The standard InChI is InChI=1S/C21H15NO4S/c1-12-7-9-14(10-8-12)21-22-16(11-27-21)19-20(25-13(2)23)18(24)15-5-3-4-6-17(15)26-19/h3-11H,1-2H3. The predicted molar refractivity (Wildman–Crippen MR) is 105 cm³/mol. The van der Waals surface area contributed by atoms with Crippen molar-refractivity contribution in [2.45, 2.75) is 13.8 Å². The average Bonchev–Trinajstić information content (AvgIpc) is 3.14. The highest BCUT2D eigenvalue weighted by Gasteiger charge is 2.21. The van der Waals surface area contributed by atoms with Crippen molar-refractivity contribution >= 4 is 28.3 Å². The van der Waals surface area contributed by atoms with E-state index in [0.717, 1.165) is 16.1 Å². The van der Waals surface area contributed by atoms with Crippen molar-refractivity contribution < 1.29 is 13.9 Å². The molecule has 0 aliphatic heterocycles. The van der Waals surface area contributed by atoms with E-state index in [2.05, 4.69) is 4.98 Å². The number of esters is 1. The second-order valence-electron chi connectivity index (χ2n) is 6.08. The Hall–Kier alpha value is -3.25. The first kappa shape index (κ1) is 17.2. The number of aromatic nitrogens is 1. The first-order valence-corrected chi connectivity index (χ1v) is 9.18. The van der Waals surface area contributed by atoms with Crippen LogP contribution in [0, 0.1) is 6.92 Å². The van der Waals surface area contributed by atoms with Crippen LogP contribution < -0.4 is 10.2 Å². The van der Waals surface area contributed by atoms with Crippen LogP contribution >= 0.6 is 11.3 Å². The number of para-hydroxylation sites is 1. The van der Waals surface area contributed by atoms with E-state index in [1.54, 1.807) is 29.6 Å². The van der Waals surface area contributed by atoms with E-state index in [4.69, 9.17) is 9.15 Å². The van der Waals surface area contributed by atoms with Crippen molar-refractivity contribution in [2.24, 2.45) is 0 Å². The van der Waals surface area contributed by atoms with Crippen LogP contribution in [0.15, 0.2) is 63.1 Å². The molecule has 2 heterocycles. The van der Waals surface area contributed by atoms with E-state index >= 15 is 0 Å². The zero-order valence-electron chi connectivity index (χ0n) is 14.7. The molecule has 0 aliphatic rings. The maximum atomic E-state index is 12.8. The van der Waals surface area contributed by atoms with E-state index < -0.39 is 11.4 Å². The fourth-order valence-electron chi connectivity index (χ4n) is 2.74. The van der Waals surface area contributed by atoms with E-state index in [0.29, 0.717) is 16.7 Å². The van der Waals surface area contributed by atoms with E-state index in [1.165, 1.54) is 18.3 Å². The van der Waals surface area contributed by atoms with Crippen molar-refractivity contribution in [1.82, 2.24) is 4.98 Å². The normalized spacial score (nSPS) is 10.9. The summed E-state index contributed by atoms with van der Waals surface area (Å²) in [4.78, 5) is 28.9. The van der Waals surface area contributed by atoms with Gasteiger partial charge in [0.05, 0.1) is 5.39 Å². The highest BCUT2D eigenvalue weighted by Crippen LogP contribution is 2.34. The van der Waals surface area contributed by atoms with Gasteiger partial charge in [-0.3, -0.25) is 9.59 Å². The highest BCUT2D eigenvalue weighted by atomic mass is 32.1. The molecule has 134 valence electrons. The Balaban J connectivity index is 1.89. The number of nitrogens with zero attached hydrogens (tertiary/aromatic N) is 1. The van der Waals surface area contributed by atoms with Crippen LogP contribution in [-0.4, -0.2) is 11.0 Å². The number of carbonyl (C=O) groups excluding carboxylic acids is 1. The lowest BCUT2D eigenvalue weighted by Crippen LogP contribution is -2.13. The van der Waals surface area contributed by atoms with E-state index in [-0.39, 0.29) is 11.5 Å². The van der Waals surface area contributed by atoms with Gasteiger partial charge in [0.2, 0.25) is 16.9 Å². The number of hydrogen-bond acceptors (Lipinski definition) is 6. The van der Waals surface area contributed by atoms with Gasteiger partial charge in [-0.1, -0.05) is 42.0 Å². The minimum atomic E-state index is -0.590. The first-order valence-electron chi connectivity index (χ1n) is 8.30. The second kappa shape index (κ2) is 6.81. The second-order valence-corrected chi connectivity index (χ2v) is 6.94. The number of aryl methyl sites for hydroxylation is 1. The number of rotatable bonds is 3. The summed E-state index contributed by atoms with van der Waals surface area (Å²) in [5.41, 5.74) is 2.60. The molecule has 27 heavy (non-hydrogen) atoms. The van der Waals surface area contributed by atoms with Gasteiger partial charge in [-0.15, -0.1) is 11.3 Å². The zero-order chi connectivity index (χ0) is 19.0. The minimum Gasteiger partial charge on any atom is -0.450 e. The Kier molecular flexibility index (Phi) is 4.33. The van der Waals surface area contributed by atoms with Crippen molar-refractivity contribution in [3.63, 3.8) is 0 Å². The van der Waals surface area contributed by atoms with Gasteiger partial charge in [0.15, 0.2) is 0 Å². The summed E-state index contributed by atoms with van der Waals surface area (Å²) in [7, 11) is 0. The van der Waals surface area contributed by atoms with Gasteiger partial charge in [-0.2, -0.15) is 0 Å². The van der Waals surface area contributed by atoms with Crippen molar-refractivity contribution in [2.75, 3.05) is 0 Å². The van der Waals surface area contributed by atoms with E-state index in [9.17, 15) is 9.59 Å². The topological polar surface area (TPSA) is 69.4 Å². The predicted octanol–water partition coefficient (Wildman–Crippen LogP) is 4.82. The number of hydrogen-bond donors (Lipinski definition) is 0. The lowest BCUT2D eigenvalue weighted by molar-refractivity contribution is -0.131. The van der Waals surface area contributed by atoms with Gasteiger partial charge in [-0.05, 0) is 19.1 Å². The average molecular weight is 377 g/mol. The molecule has 4 aromatic rings. The summed E-state index contributed by atoms with van der Waals surface area (Å²) in [5, 5.41) is 2.93. The minimum absolute atomic E-state index is 0.137. The molecule has 0 fully saturated rings. The number of thiazole rings is 1. The molecule has 5 nitrogen and oxygen atoms in total. The SMILES string of the molecule is CC(=O)Oc1c(-c2csc(-c3ccc(C)cc3)n2)oc2ccccc2c1=O. The number of fused-ring (bicyclic) bond motifs is 1. The lowest BCUT2D eigenvalue weighted by Gasteiger charge is -2.07. The summed E-state index contributed by atoms with van der Waals surface area (Å²) in [6, 6.07) is 14.8. The van der Waals surface area contributed by atoms with Crippen LogP contribution in [0.2, 0.25) is 0 Å². The molecular formula is C21H15NO4S. The molecule has 2 aromatic heterocycles. The fourth-order valence-corrected chi connectivity index (χ4v) is 3.54. The summed E-state index contributed by atoms with van der Waals surface area (Å²) in [5.74, 6) is -0.571. The molecule has 0 saturated heterocycles. The molecule has 0 atom stereocenters. The smallest absolute Gasteiger partial charge is 0.308 e. The number of benzene rings is 2. The van der Waals surface area contributed by atoms with Gasteiger partial charge in [0, 0.05) is 17.9 Å². The maximum Gasteiger partial charge on any atom is 0.308 e. The molecule has 0 unspecified atom stereocenters. The third-order valence-electron chi connectivity index (χ3n) is 4.04. The molecule has 6 heteroatoms. The van der Waals surface area contributed by atoms with Gasteiger partial charge < -0.3 is 9.15 Å². The van der Waals surface area contributed by atoms with Crippen LogP contribution in [0.5, 0.6) is 5.75 Å². The van der Waals surface area contributed by atoms with Crippen LogP contribution in [0.4, 0.5) is 0 Å². The molecule has 0 amide bonds. The summed E-state index contributed by atoms with van der Waals surface area (Å²) >= 11 is 1.43. The molecule has 0 N–H and O–H groups in total. The van der Waals surface area contributed by atoms with Gasteiger partial charge in [0.1, 0.15) is 16.3 Å². The van der Waals surface area contributed by atoms with Gasteiger partial charge in [-0.25, -0.2) is 4.98 Å². The largest absolute Gasteiger partial charge is 0.450 e. The quantitative estimate of drug-likeness (QED) is 0.479. The molecule has 2 aromatic carbocycles. The Morgan fingerprint density at radius 2 is 1.85 bits per heavy atom. The van der Waals surface area contributed by atoms with Crippen LogP contribution in [-0.2, 0) is 4.79 Å². The molecule has 0 saturated carbocycles. The van der Waals surface area contributed by atoms with Gasteiger partial charge >= 0.3 is 5.97 Å². The maximum absolute atomic E-state index is 12.8. The molecule has 0 radical (unpaired) electrons. The van der Waals surface area contributed by atoms with Crippen molar-refractivity contribution in [3.8, 4) is 27.8 Å². The summed E-state index contributed by atoms with van der Waals surface area (Å²) in [6.07, 6.45) is 0. The third kappa shape index (κ3) is 3.27.